The van der Waals surface area contributed by atoms with Crippen LogP contribution in [0.3, 0.4) is 0 Å². The van der Waals surface area contributed by atoms with Crippen molar-refractivity contribution in [3.8, 4) is 11.5 Å². The highest BCUT2D eigenvalue weighted by Gasteiger charge is 2.27. The maximum absolute atomic E-state index is 12.6. The van der Waals surface area contributed by atoms with Gasteiger partial charge in [-0.15, -0.1) is 0 Å². The SMILES string of the molecule is COc1cc(NC(=O)CN2CCCC2c2ccccc2)c(OC)cc1Cl. The molecule has 1 heterocycles. The van der Waals surface area contributed by atoms with Gasteiger partial charge in [0.15, 0.2) is 0 Å². The lowest BCUT2D eigenvalue weighted by Crippen LogP contribution is -2.33. The van der Waals surface area contributed by atoms with Gasteiger partial charge in [-0.1, -0.05) is 41.9 Å². The number of nitrogens with one attached hydrogen (secondary N) is 1. The van der Waals surface area contributed by atoms with Crippen molar-refractivity contribution in [1.29, 1.82) is 0 Å². The van der Waals surface area contributed by atoms with E-state index in [1.54, 1.807) is 19.2 Å². The van der Waals surface area contributed by atoms with E-state index in [-0.39, 0.29) is 11.9 Å². The molecular weight excluding hydrogens is 352 g/mol. The molecule has 0 aliphatic carbocycles. The van der Waals surface area contributed by atoms with Crippen molar-refractivity contribution in [3.63, 3.8) is 0 Å². The molecule has 138 valence electrons. The summed E-state index contributed by atoms with van der Waals surface area (Å²) in [7, 11) is 3.08. The first-order valence-corrected chi connectivity index (χ1v) is 9.00. The van der Waals surface area contributed by atoms with Crippen LogP contribution in [-0.2, 0) is 4.79 Å². The number of benzene rings is 2. The zero-order valence-electron chi connectivity index (χ0n) is 15.0. The summed E-state index contributed by atoms with van der Waals surface area (Å²) in [6, 6.07) is 13.9. The van der Waals surface area contributed by atoms with Gasteiger partial charge in [0.25, 0.3) is 0 Å². The van der Waals surface area contributed by atoms with Crippen molar-refractivity contribution in [3.05, 3.63) is 53.1 Å². The van der Waals surface area contributed by atoms with E-state index in [1.807, 2.05) is 18.2 Å². The quantitative estimate of drug-likeness (QED) is 0.825. The van der Waals surface area contributed by atoms with Crippen LogP contribution >= 0.6 is 11.6 Å². The molecule has 2 aromatic rings. The molecule has 0 bridgehead atoms. The van der Waals surface area contributed by atoms with Gasteiger partial charge in [-0.25, -0.2) is 0 Å². The molecule has 3 rings (SSSR count). The maximum atomic E-state index is 12.6. The Morgan fingerprint density at radius 2 is 1.92 bits per heavy atom. The third-order valence-corrected chi connectivity index (χ3v) is 4.94. The first-order chi connectivity index (χ1) is 12.6. The summed E-state index contributed by atoms with van der Waals surface area (Å²) < 4.78 is 10.5. The topological polar surface area (TPSA) is 50.8 Å². The molecule has 0 saturated carbocycles. The number of halogens is 1. The Bertz CT molecular complexity index is 767. The van der Waals surface area contributed by atoms with Crippen LogP contribution in [0.2, 0.25) is 5.02 Å². The van der Waals surface area contributed by atoms with E-state index >= 15 is 0 Å². The lowest BCUT2D eigenvalue weighted by atomic mass is 10.0. The highest BCUT2D eigenvalue weighted by molar-refractivity contribution is 6.32. The molecule has 2 aromatic carbocycles. The summed E-state index contributed by atoms with van der Waals surface area (Å²) in [5.74, 6) is 0.909. The summed E-state index contributed by atoms with van der Waals surface area (Å²) in [5.41, 5.74) is 1.80. The van der Waals surface area contributed by atoms with E-state index in [1.165, 1.54) is 12.7 Å². The van der Waals surface area contributed by atoms with E-state index in [0.717, 1.165) is 19.4 Å². The summed E-state index contributed by atoms with van der Waals surface area (Å²) in [6.45, 7) is 1.24. The van der Waals surface area contributed by atoms with Crippen LogP contribution in [0.15, 0.2) is 42.5 Å². The number of likely N-dealkylation sites (tertiary alicyclic amines) is 1. The number of ether oxygens (including phenoxy) is 2. The van der Waals surface area contributed by atoms with Crippen molar-refractivity contribution >= 4 is 23.2 Å². The molecule has 26 heavy (non-hydrogen) atoms. The normalized spacial score (nSPS) is 17.1. The van der Waals surface area contributed by atoms with Crippen LogP contribution in [0.25, 0.3) is 0 Å². The third kappa shape index (κ3) is 4.11. The van der Waals surface area contributed by atoms with Crippen molar-refractivity contribution in [2.24, 2.45) is 0 Å². The molecule has 1 atom stereocenters. The number of nitrogens with zero attached hydrogens (tertiary/aromatic N) is 1. The number of hydrogen-bond donors (Lipinski definition) is 1. The Hall–Kier alpha value is -2.24. The van der Waals surface area contributed by atoms with Gasteiger partial charge in [-0.3, -0.25) is 9.69 Å². The monoisotopic (exact) mass is 374 g/mol. The largest absolute Gasteiger partial charge is 0.495 e. The number of rotatable bonds is 6. The number of carbonyl (C=O) groups is 1. The number of anilines is 1. The zero-order chi connectivity index (χ0) is 18.5. The Balaban J connectivity index is 1.71. The molecule has 1 N–H and O–H groups in total. The summed E-state index contributed by atoms with van der Waals surface area (Å²) in [4.78, 5) is 14.8. The van der Waals surface area contributed by atoms with E-state index in [0.29, 0.717) is 28.8 Å². The Kier molecular flexibility index (Phi) is 6.01. The second kappa shape index (κ2) is 8.43. The maximum Gasteiger partial charge on any atom is 0.238 e. The van der Waals surface area contributed by atoms with E-state index in [2.05, 4.69) is 22.3 Å². The van der Waals surface area contributed by atoms with Gasteiger partial charge < -0.3 is 14.8 Å². The van der Waals surface area contributed by atoms with E-state index < -0.39 is 0 Å². The number of methoxy groups -OCH3 is 2. The van der Waals surface area contributed by atoms with Gasteiger partial charge in [0.2, 0.25) is 5.91 Å². The molecule has 5 nitrogen and oxygen atoms in total. The van der Waals surface area contributed by atoms with Gasteiger partial charge in [0.1, 0.15) is 11.5 Å². The predicted molar refractivity (Wildman–Crippen MR) is 103 cm³/mol. The smallest absolute Gasteiger partial charge is 0.238 e. The van der Waals surface area contributed by atoms with Gasteiger partial charge in [0, 0.05) is 18.2 Å². The van der Waals surface area contributed by atoms with Crippen LogP contribution in [-0.4, -0.2) is 38.1 Å². The summed E-state index contributed by atoms with van der Waals surface area (Å²) in [6.07, 6.45) is 2.15. The van der Waals surface area contributed by atoms with Crippen molar-refractivity contribution < 1.29 is 14.3 Å². The molecule has 0 aromatic heterocycles. The second-order valence-electron chi connectivity index (χ2n) is 6.27. The molecule has 0 radical (unpaired) electrons. The number of hydrogen-bond acceptors (Lipinski definition) is 4. The molecule has 6 heteroatoms. The molecule has 0 spiro atoms. The molecule has 1 aliphatic heterocycles. The van der Waals surface area contributed by atoms with Crippen LogP contribution < -0.4 is 14.8 Å². The Labute approximate surface area is 158 Å². The van der Waals surface area contributed by atoms with Crippen molar-refractivity contribution in [1.82, 2.24) is 4.90 Å². The first kappa shape index (κ1) is 18.5. The van der Waals surface area contributed by atoms with Crippen LogP contribution in [0, 0.1) is 0 Å². The van der Waals surface area contributed by atoms with Gasteiger partial charge >= 0.3 is 0 Å². The first-order valence-electron chi connectivity index (χ1n) is 8.62. The highest BCUT2D eigenvalue weighted by atomic mass is 35.5. The fourth-order valence-electron chi connectivity index (χ4n) is 3.40. The predicted octanol–water partition coefficient (Wildman–Crippen LogP) is 4.13. The lowest BCUT2D eigenvalue weighted by molar-refractivity contribution is -0.117. The summed E-state index contributed by atoms with van der Waals surface area (Å²) >= 11 is 6.12. The van der Waals surface area contributed by atoms with Gasteiger partial charge in [-0.2, -0.15) is 0 Å². The second-order valence-corrected chi connectivity index (χ2v) is 6.68. The molecule has 1 unspecified atom stereocenters. The Morgan fingerprint density at radius 1 is 1.19 bits per heavy atom. The van der Waals surface area contributed by atoms with E-state index in [9.17, 15) is 4.79 Å². The Morgan fingerprint density at radius 3 is 2.62 bits per heavy atom. The highest BCUT2D eigenvalue weighted by Crippen LogP contribution is 2.36. The van der Waals surface area contributed by atoms with Crippen LogP contribution in [0.4, 0.5) is 5.69 Å². The van der Waals surface area contributed by atoms with E-state index in [4.69, 9.17) is 21.1 Å². The fraction of sp³-hybridized carbons (Fsp3) is 0.350. The molecule has 1 amide bonds. The van der Waals surface area contributed by atoms with Gasteiger partial charge in [-0.05, 0) is 24.9 Å². The number of amides is 1. The van der Waals surface area contributed by atoms with Crippen molar-refractivity contribution in [2.45, 2.75) is 18.9 Å². The lowest BCUT2D eigenvalue weighted by Gasteiger charge is -2.24. The minimum atomic E-state index is -0.0875. The van der Waals surface area contributed by atoms with Gasteiger partial charge in [0.05, 0.1) is 31.5 Å². The molecule has 1 fully saturated rings. The third-order valence-electron chi connectivity index (χ3n) is 4.64. The summed E-state index contributed by atoms with van der Waals surface area (Å²) in [5, 5.41) is 3.35. The minimum Gasteiger partial charge on any atom is -0.495 e. The molecular formula is C20H23ClN2O3. The van der Waals surface area contributed by atoms with Crippen LogP contribution in [0.5, 0.6) is 11.5 Å². The minimum absolute atomic E-state index is 0.0875. The molecule has 1 aliphatic rings. The fourth-order valence-corrected chi connectivity index (χ4v) is 3.63. The zero-order valence-corrected chi connectivity index (χ0v) is 15.8. The van der Waals surface area contributed by atoms with Crippen LogP contribution in [0.1, 0.15) is 24.4 Å². The molecule has 1 saturated heterocycles. The average Bonchev–Trinajstić information content (AvgIpc) is 3.11. The average molecular weight is 375 g/mol. The number of carbonyl (C=O) groups excluding carboxylic acids is 1. The van der Waals surface area contributed by atoms with Crippen molar-refractivity contribution in [2.75, 3.05) is 32.6 Å². The standard InChI is InChI=1S/C20H23ClN2O3/c1-25-18-12-16(19(26-2)11-15(18)21)22-20(24)13-23-10-6-9-17(23)14-7-4-3-5-8-14/h3-5,7-8,11-12,17H,6,9-10,13H2,1-2H3,(H,22,24).